The Hall–Kier alpha value is -1.61. The number of methoxy groups -OCH3 is 1. The molecule has 3 heteroatoms. The van der Waals surface area contributed by atoms with Gasteiger partial charge in [0.15, 0.2) is 0 Å². The largest absolute Gasteiger partial charge is 0.468 e. The molecule has 1 aromatic rings. The minimum atomic E-state index is -0.694. The molecule has 1 atom stereocenters. The van der Waals surface area contributed by atoms with Crippen molar-refractivity contribution in [1.82, 2.24) is 0 Å². The Morgan fingerprint density at radius 2 is 2.07 bits per heavy atom. The molecule has 0 bridgehead atoms. The SMILES string of the molecule is COC(=O)[C@@H](N)C=Cc1ccccc1. The van der Waals surface area contributed by atoms with E-state index < -0.39 is 12.0 Å². The predicted octanol–water partition coefficient (Wildman–Crippen LogP) is 1.20. The molecule has 0 saturated heterocycles. The van der Waals surface area contributed by atoms with E-state index in [0.717, 1.165) is 5.56 Å². The van der Waals surface area contributed by atoms with Gasteiger partial charge in [-0.3, -0.25) is 4.79 Å². The highest BCUT2D eigenvalue weighted by Gasteiger charge is 2.08. The number of esters is 1. The van der Waals surface area contributed by atoms with Crippen molar-refractivity contribution in [3.63, 3.8) is 0 Å². The van der Waals surface area contributed by atoms with Crippen LogP contribution >= 0.6 is 0 Å². The first-order chi connectivity index (χ1) is 6.74. The van der Waals surface area contributed by atoms with Gasteiger partial charge in [-0.1, -0.05) is 42.5 Å². The quantitative estimate of drug-likeness (QED) is 0.730. The minimum absolute atomic E-state index is 0.433. The van der Waals surface area contributed by atoms with E-state index in [-0.39, 0.29) is 0 Å². The van der Waals surface area contributed by atoms with E-state index in [1.54, 1.807) is 12.2 Å². The zero-order valence-electron chi connectivity index (χ0n) is 8.01. The van der Waals surface area contributed by atoms with Gasteiger partial charge in [0.25, 0.3) is 0 Å². The van der Waals surface area contributed by atoms with E-state index in [1.165, 1.54) is 7.11 Å². The highest BCUT2D eigenvalue weighted by molar-refractivity contribution is 5.79. The number of carbonyl (C=O) groups excluding carboxylic acids is 1. The molecule has 0 unspecified atom stereocenters. The first-order valence-electron chi connectivity index (χ1n) is 4.30. The standard InChI is InChI=1S/C11H13NO2/c1-14-11(13)10(12)8-7-9-5-3-2-4-6-9/h2-8,10H,12H2,1H3/t10-/m0/s1. The fourth-order valence-corrected chi connectivity index (χ4v) is 0.994. The van der Waals surface area contributed by atoms with Crippen LogP contribution in [0.3, 0.4) is 0 Å². The topological polar surface area (TPSA) is 52.3 Å². The summed E-state index contributed by atoms with van der Waals surface area (Å²) in [6.45, 7) is 0. The molecule has 2 N–H and O–H groups in total. The first-order valence-corrected chi connectivity index (χ1v) is 4.30. The summed E-state index contributed by atoms with van der Waals surface area (Å²) in [6.07, 6.45) is 3.41. The highest BCUT2D eigenvalue weighted by atomic mass is 16.5. The number of nitrogens with two attached hydrogens (primary N) is 1. The Kier molecular flexibility index (Phi) is 3.88. The van der Waals surface area contributed by atoms with E-state index in [4.69, 9.17) is 5.73 Å². The van der Waals surface area contributed by atoms with E-state index in [9.17, 15) is 4.79 Å². The minimum Gasteiger partial charge on any atom is -0.468 e. The second kappa shape index (κ2) is 5.19. The molecule has 0 saturated carbocycles. The second-order valence-electron chi connectivity index (χ2n) is 2.82. The van der Waals surface area contributed by atoms with Crippen LogP contribution in [0.2, 0.25) is 0 Å². The van der Waals surface area contributed by atoms with Gasteiger partial charge in [-0.25, -0.2) is 0 Å². The summed E-state index contributed by atoms with van der Waals surface area (Å²) < 4.78 is 4.49. The molecule has 14 heavy (non-hydrogen) atoms. The van der Waals surface area contributed by atoms with Crippen molar-refractivity contribution in [3.8, 4) is 0 Å². The number of carbonyl (C=O) groups is 1. The molecule has 0 aliphatic carbocycles. The third-order valence-electron chi connectivity index (χ3n) is 1.77. The molecule has 3 nitrogen and oxygen atoms in total. The van der Waals surface area contributed by atoms with Gasteiger partial charge in [0.05, 0.1) is 7.11 Å². The first kappa shape index (κ1) is 10.5. The van der Waals surface area contributed by atoms with Crippen LogP contribution in [-0.2, 0) is 9.53 Å². The fraction of sp³-hybridized carbons (Fsp3) is 0.182. The van der Waals surface area contributed by atoms with Crippen molar-refractivity contribution >= 4 is 12.0 Å². The van der Waals surface area contributed by atoms with Gasteiger partial charge < -0.3 is 10.5 Å². The molecule has 74 valence electrons. The number of benzene rings is 1. The fourth-order valence-electron chi connectivity index (χ4n) is 0.994. The zero-order chi connectivity index (χ0) is 10.4. The molecule has 0 amide bonds. The van der Waals surface area contributed by atoms with Crippen LogP contribution in [-0.4, -0.2) is 19.1 Å². The maximum atomic E-state index is 10.9. The van der Waals surface area contributed by atoms with Gasteiger partial charge in [0.1, 0.15) is 6.04 Å². The summed E-state index contributed by atoms with van der Waals surface area (Å²) >= 11 is 0. The summed E-state index contributed by atoms with van der Waals surface area (Å²) in [5.74, 6) is -0.433. The van der Waals surface area contributed by atoms with Crippen molar-refractivity contribution in [3.05, 3.63) is 42.0 Å². The van der Waals surface area contributed by atoms with E-state index >= 15 is 0 Å². The smallest absolute Gasteiger partial charge is 0.326 e. The summed E-state index contributed by atoms with van der Waals surface area (Å²) in [6, 6.07) is 8.94. The van der Waals surface area contributed by atoms with Gasteiger partial charge in [-0.15, -0.1) is 0 Å². The Labute approximate surface area is 83.2 Å². The Morgan fingerprint density at radius 1 is 1.43 bits per heavy atom. The van der Waals surface area contributed by atoms with Crippen LogP contribution < -0.4 is 5.73 Å². The van der Waals surface area contributed by atoms with Gasteiger partial charge in [-0.2, -0.15) is 0 Å². The molecular weight excluding hydrogens is 178 g/mol. The van der Waals surface area contributed by atoms with Gasteiger partial charge in [-0.05, 0) is 5.56 Å². The van der Waals surface area contributed by atoms with E-state index in [0.29, 0.717) is 0 Å². The average Bonchev–Trinajstić information content (AvgIpc) is 2.26. The second-order valence-corrected chi connectivity index (χ2v) is 2.82. The Morgan fingerprint density at radius 3 is 2.64 bits per heavy atom. The van der Waals surface area contributed by atoms with Gasteiger partial charge in [0, 0.05) is 0 Å². The number of rotatable bonds is 3. The van der Waals surface area contributed by atoms with Crippen LogP contribution in [0.5, 0.6) is 0 Å². The Bertz CT molecular complexity index is 319. The molecule has 0 aliphatic heterocycles. The normalized spacial score (nSPS) is 12.7. The highest BCUT2D eigenvalue weighted by Crippen LogP contribution is 2.01. The lowest BCUT2D eigenvalue weighted by Crippen LogP contribution is -2.28. The maximum absolute atomic E-state index is 10.9. The summed E-state index contributed by atoms with van der Waals surface area (Å²) in [4.78, 5) is 10.9. The molecule has 0 heterocycles. The van der Waals surface area contributed by atoms with Crippen molar-refractivity contribution in [2.24, 2.45) is 5.73 Å². The van der Waals surface area contributed by atoms with Crippen LogP contribution in [0.1, 0.15) is 5.56 Å². The molecule has 0 spiro atoms. The molecule has 1 rings (SSSR count). The zero-order valence-corrected chi connectivity index (χ0v) is 8.01. The molecule has 0 aromatic heterocycles. The number of hydrogen-bond donors (Lipinski definition) is 1. The number of hydrogen-bond acceptors (Lipinski definition) is 3. The predicted molar refractivity (Wildman–Crippen MR) is 55.5 cm³/mol. The van der Waals surface area contributed by atoms with Crippen LogP contribution in [0, 0.1) is 0 Å². The van der Waals surface area contributed by atoms with Crippen LogP contribution in [0.4, 0.5) is 0 Å². The van der Waals surface area contributed by atoms with Crippen molar-refractivity contribution in [2.45, 2.75) is 6.04 Å². The molecule has 0 radical (unpaired) electrons. The molecule has 1 aromatic carbocycles. The summed E-state index contributed by atoms with van der Waals surface area (Å²) in [7, 11) is 1.32. The van der Waals surface area contributed by atoms with Gasteiger partial charge in [0.2, 0.25) is 0 Å². The van der Waals surface area contributed by atoms with Gasteiger partial charge >= 0.3 is 5.97 Å². The van der Waals surface area contributed by atoms with E-state index in [2.05, 4.69) is 4.74 Å². The van der Waals surface area contributed by atoms with Crippen molar-refractivity contribution < 1.29 is 9.53 Å². The summed E-state index contributed by atoms with van der Waals surface area (Å²) in [5.41, 5.74) is 6.52. The van der Waals surface area contributed by atoms with Crippen LogP contribution in [0.25, 0.3) is 6.08 Å². The average molecular weight is 191 g/mol. The molecular formula is C11H13NO2. The lowest BCUT2D eigenvalue weighted by molar-refractivity contribution is -0.140. The number of ether oxygens (including phenoxy) is 1. The molecule has 0 fully saturated rings. The lowest BCUT2D eigenvalue weighted by Gasteiger charge is -2.02. The van der Waals surface area contributed by atoms with Crippen LogP contribution in [0.15, 0.2) is 36.4 Å². The third-order valence-corrected chi connectivity index (χ3v) is 1.77. The summed E-state index contributed by atoms with van der Waals surface area (Å²) in [5, 5.41) is 0. The molecule has 0 aliphatic rings. The van der Waals surface area contributed by atoms with Crippen molar-refractivity contribution in [1.29, 1.82) is 0 Å². The van der Waals surface area contributed by atoms with Crippen molar-refractivity contribution in [2.75, 3.05) is 7.11 Å². The lowest BCUT2D eigenvalue weighted by atomic mass is 10.2. The van der Waals surface area contributed by atoms with E-state index in [1.807, 2.05) is 30.3 Å². The Balaban J connectivity index is 2.60. The maximum Gasteiger partial charge on any atom is 0.326 e. The third kappa shape index (κ3) is 3.03. The monoisotopic (exact) mass is 191 g/mol.